The van der Waals surface area contributed by atoms with Crippen LogP contribution in [0.5, 0.6) is 0 Å². The Bertz CT molecular complexity index is 583. The second-order valence-corrected chi connectivity index (χ2v) is 5.16. The van der Waals surface area contributed by atoms with Crippen LogP contribution >= 0.6 is 23.2 Å². The standard InChI is InChI=1S/C13H12Cl2N4/c14-11-17-12(15)19-13(18-11)16-10-7-3-5-8-4-1-2-6-9(8)10/h1-2,4,6,10H,3,5,7H2,(H,16,17,18,19)/t10-/m0/s1. The van der Waals surface area contributed by atoms with E-state index in [0.717, 1.165) is 19.3 Å². The first kappa shape index (κ1) is 12.6. The summed E-state index contributed by atoms with van der Waals surface area (Å²) in [4.78, 5) is 11.8. The summed E-state index contributed by atoms with van der Waals surface area (Å²) < 4.78 is 0. The lowest BCUT2D eigenvalue weighted by molar-refractivity contribution is 0.596. The average Bonchev–Trinajstić information content (AvgIpc) is 2.38. The Morgan fingerprint density at radius 3 is 2.58 bits per heavy atom. The van der Waals surface area contributed by atoms with Gasteiger partial charge in [-0.05, 0) is 53.6 Å². The van der Waals surface area contributed by atoms with Crippen LogP contribution in [0.1, 0.15) is 30.0 Å². The highest BCUT2D eigenvalue weighted by Gasteiger charge is 2.20. The number of aromatic nitrogens is 3. The molecule has 0 saturated heterocycles. The molecule has 1 heterocycles. The highest BCUT2D eigenvalue weighted by Crippen LogP contribution is 2.31. The molecule has 4 nitrogen and oxygen atoms in total. The predicted molar refractivity (Wildman–Crippen MR) is 75.6 cm³/mol. The molecule has 3 rings (SSSR count). The Labute approximate surface area is 121 Å². The van der Waals surface area contributed by atoms with Gasteiger partial charge in [-0.2, -0.15) is 15.0 Å². The minimum Gasteiger partial charge on any atom is -0.347 e. The number of anilines is 1. The zero-order valence-corrected chi connectivity index (χ0v) is 11.6. The molecule has 0 saturated carbocycles. The Kier molecular flexibility index (Phi) is 3.53. The van der Waals surface area contributed by atoms with E-state index in [4.69, 9.17) is 23.2 Å². The van der Waals surface area contributed by atoms with Gasteiger partial charge < -0.3 is 5.32 Å². The molecule has 0 bridgehead atoms. The second kappa shape index (κ2) is 5.31. The van der Waals surface area contributed by atoms with Gasteiger partial charge in [0.2, 0.25) is 16.5 Å². The van der Waals surface area contributed by atoms with Gasteiger partial charge in [0.1, 0.15) is 0 Å². The number of nitrogens with one attached hydrogen (secondary N) is 1. The molecular weight excluding hydrogens is 283 g/mol. The molecule has 1 N–H and O–H groups in total. The zero-order valence-electron chi connectivity index (χ0n) is 10.1. The van der Waals surface area contributed by atoms with Gasteiger partial charge >= 0.3 is 0 Å². The lowest BCUT2D eigenvalue weighted by Gasteiger charge is -2.26. The third kappa shape index (κ3) is 2.80. The highest BCUT2D eigenvalue weighted by molar-refractivity contribution is 6.31. The van der Waals surface area contributed by atoms with Gasteiger partial charge in [0, 0.05) is 0 Å². The van der Waals surface area contributed by atoms with Gasteiger partial charge in [0.25, 0.3) is 0 Å². The van der Waals surface area contributed by atoms with Gasteiger partial charge in [-0.1, -0.05) is 24.3 Å². The normalized spacial score (nSPS) is 17.9. The number of hydrogen-bond acceptors (Lipinski definition) is 4. The monoisotopic (exact) mass is 294 g/mol. The number of fused-ring (bicyclic) bond motifs is 1. The Morgan fingerprint density at radius 2 is 1.79 bits per heavy atom. The number of benzene rings is 1. The van der Waals surface area contributed by atoms with Crippen LogP contribution in [0.3, 0.4) is 0 Å². The molecule has 2 aromatic rings. The Balaban J connectivity index is 1.88. The van der Waals surface area contributed by atoms with E-state index in [0.29, 0.717) is 5.95 Å². The van der Waals surface area contributed by atoms with Gasteiger partial charge in [0.05, 0.1) is 6.04 Å². The summed E-state index contributed by atoms with van der Waals surface area (Å²) in [6, 6.07) is 8.61. The van der Waals surface area contributed by atoms with Crippen LogP contribution in [-0.2, 0) is 6.42 Å². The lowest BCUT2D eigenvalue weighted by Crippen LogP contribution is -2.18. The largest absolute Gasteiger partial charge is 0.347 e. The summed E-state index contributed by atoms with van der Waals surface area (Å²) in [6.07, 6.45) is 3.30. The van der Waals surface area contributed by atoms with Gasteiger partial charge in [-0.25, -0.2) is 0 Å². The van der Waals surface area contributed by atoms with Crippen LogP contribution in [0.25, 0.3) is 0 Å². The number of rotatable bonds is 2. The molecule has 1 aliphatic rings. The molecule has 98 valence electrons. The molecular formula is C13H12Cl2N4. The number of aryl methyl sites for hydroxylation is 1. The number of nitrogens with zero attached hydrogens (tertiary/aromatic N) is 3. The molecule has 6 heteroatoms. The average molecular weight is 295 g/mol. The third-order valence-electron chi connectivity index (χ3n) is 3.25. The summed E-state index contributed by atoms with van der Waals surface area (Å²) >= 11 is 11.6. The van der Waals surface area contributed by atoms with Crippen LogP contribution in [0.15, 0.2) is 24.3 Å². The van der Waals surface area contributed by atoms with Crippen molar-refractivity contribution in [1.29, 1.82) is 0 Å². The number of halogens is 2. The fourth-order valence-electron chi connectivity index (χ4n) is 2.45. The smallest absolute Gasteiger partial charge is 0.228 e. The topological polar surface area (TPSA) is 50.7 Å². The molecule has 1 atom stereocenters. The molecule has 1 aromatic heterocycles. The van der Waals surface area contributed by atoms with Crippen molar-refractivity contribution >= 4 is 29.2 Å². The molecule has 1 aromatic carbocycles. The van der Waals surface area contributed by atoms with E-state index in [1.165, 1.54) is 11.1 Å². The van der Waals surface area contributed by atoms with E-state index < -0.39 is 0 Å². The Morgan fingerprint density at radius 1 is 1.05 bits per heavy atom. The fraction of sp³-hybridized carbons (Fsp3) is 0.308. The lowest BCUT2D eigenvalue weighted by atomic mass is 9.88. The van der Waals surface area contributed by atoms with Gasteiger partial charge in [0.15, 0.2) is 0 Å². The SMILES string of the molecule is Clc1nc(Cl)nc(N[C@H]2CCCc3ccccc32)n1. The summed E-state index contributed by atoms with van der Waals surface area (Å²) in [5, 5.41) is 3.49. The van der Waals surface area contributed by atoms with E-state index in [1.807, 2.05) is 6.07 Å². The zero-order chi connectivity index (χ0) is 13.2. The third-order valence-corrected chi connectivity index (χ3v) is 3.59. The Hall–Kier alpha value is -1.39. The van der Waals surface area contributed by atoms with Crippen LogP contribution in [0.4, 0.5) is 5.95 Å². The van der Waals surface area contributed by atoms with Gasteiger partial charge in [-0.15, -0.1) is 0 Å². The van der Waals surface area contributed by atoms with E-state index in [1.54, 1.807) is 0 Å². The van der Waals surface area contributed by atoms with Crippen LogP contribution in [0.2, 0.25) is 10.6 Å². The van der Waals surface area contributed by atoms with E-state index in [9.17, 15) is 0 Å². The summed E-state index contributed by atoms with van der Waals surface area (Å²) in [5.74, 6) is 0.423. The summed E-state index contributed by atoms with van der Waals surface area (Å²) in [5.41, 5.74) is 2.67. The molecule has 0 unspecified atom stereocenters. The van der Waals surface area contributed by atoms with Crippen molar-refractivity contribution < 1.29 is 0 Å². The molecule has 0 fully saturated rings. The van der Waals surface area contributed by atoms with E-state index in [2.05, 4.69) is 38.5 Å². The molecule has 19 heavy (non-hydrogen) atoms. The van der Waals surface area contributed by atoms with Crippen molar-refractivity contribution in [1.82, 2.24) is 15.0 Å². The van der Waals surface area contributed by atoms with Crippen molar-refractivity contribution in [2.75, 3.05) is 5.32 Å². The van der Waals surface area contributed by atoms with Crippen molar-refractivity contribution in [3.8, 4) is 0 Å². The quantitative estimate of drug-likeness (QED) is 0.918. The van der Waals surface area contributed by atoms with Gasteiger partial charge in [-0.3, -0.25) is 0 Å². The molecule has 1 aliphatic carbocycles. The highest BCUT2D eigenvalue weighted by atomic mass is 35.5. The first-order valence-corrected chi connectivity index (χ1v) is 6.89. The maximum absolute atomic E-state index is 5.78. The maximum atomic E-state index is 5.78. The maximum Gasteiger partial charge on any atom is 0.228 e. The van der Waals surface area contributed by atoms with Crippen molar-refractivity contribution in [3.63, 3.8) is 0 Å². The van der Waals surface area contributed by atoms with Crippen molar-refractivity contribution in [2.45, 2.75) is 25.3 Å². The minimum atomic E-state index is 0.103. The summed E-state index contributed by atoms with van der Waals surface area (Å²) in [6.45, 7) is 0. The first-order chi connectivity index (χ1) is 9.22. The number of hydrogen-bond donors (Lipinski definition) is 1. The molecule has 0 radical (unpaired) electrons. The van der Waals surface area contributed by atoms with E-state index >= 15 is 0 Å². The molecule has 0 aliphatic heterocycles. The second-order valence-electron chi connectivity index (χ2n) is 4.49. The van der Waals surface area contributed by atoms with Crippen molar-refractivity contribution in [3.05, 3.63) is 46.0 Å². The molecule has 0 spiro atoms. The minimum absolute atomic E-state index is 0.103. The first-order valence-electron chi connectivity index (χ1n) is 6.14. The summed E-state index contributed by atoms with van der Waals surface area (Å²) in [7, 11) is 0. The van der Waals surface area contributed by atoms with E-state index in [-0.39, 0.29) is 16.6 Å². The predicted octanol–water partition coefficient (Wildman–Crippen LogP) is 3.67. The van der Waals surface area contributed by atoms with Crippen LogP contribution in [-0.4, -0.2) is 15.0 Å². The molecule has 0 amide bonds. The fourth-order valence-corrected chi connectivity index (χ4v) is 2.81. The van der Waals surface area contributed by atoms with Crippen LogP contribution in [0, 0.1) is 0 Å². The van der Waals surface area contributed by atoms with Crippen molar-refractivity contribution in [2.24, 2.45) is 0 Å². The van der Waals surface area contributed by atoms with Crippen LogP contribution < -0.4 is 5.32 Å².